The number of carboxylic acids is 2. The van der Waals surface area contributed by atoms with Gasteiger partial charge in [-0.1, -0.05) is 13.8 Å². The lowest BCUT2D eigenvalue weighted by Crippen LogP contribution is -2.58. The van der Waals surface area contributed by atoms with Gasteiger partial charge in [-0.3, -0.25) is 24.2 Å². The summed E-state index contributed by atoms with van der Waals surface area (Å²) in [6.07, 6.45) is 0.865. The first-order valence-corrected chi connectivity index (χ1v) is 11.7. The maximum absolute atomic E-state index is 12.9. The van der Waals surface area contributed by atoms with Gasteiger partial charge in [0.1, 0.15) is 18.1 Å². The van der Waals surface area contributed by atoms with E-state index in [0.29, 0.717) is 25.8 Å². The second-order valence-electron chi connectivity index (χ2n) is 8.63. The van der Waals surface area contributed by atoms with E-state index in [2.05, 4.69) is 20.9 Å². The van der Waals surface area contributed by atoms with Gasteiger partial charge in [0.15, 0.2) is 5.96 Å². The molecule has 0 aliphatic heterocycles. The minimum atomic E-state index is -1.52. The number of nitrogens with zero attached hydrogens (tertiary/aromatic N) is 1. The highest BCUT2D eigenvalue weighted by molar-refractivity contribution is 5.95. The van der Waals surface area contributed by atoms with E-state index >= 15 is 0 Å². The number of hydrogen-bond acceptors (Lipinski definition) is 8. The van der Waals surface area contributed by atoms with Crippen LogP contribution in [0, 0.1) is 5.92 Å². The molecule has 0 aliphatic carbocycles. The number of carbonyl (C=O) groups excluding carboxylic acids is 3. The van der Waals surface area contributed by atoms with Crippen molar-refractivity contribution in [2.24, 2.45) is 33.8 Å². The van der Waals surface area contributed by atoms with Crippen LogP contribution in [0.3, 0.4) is 0 Å². The van der Waals surface area contributed by atoms with Crippen molar-refractivity contribution in [2.45, 2.75) is 76.5 Å². The Bertz CT molecular complexity index is 786. The Labute approximate surface area is 209 Å². The Balaban J connectivity index is 5.43. The fourth-order valence-corrected chi connectivity index (χ4v) is 3.11. The highest BCUT2D eigenvalue weighted by atomic mass is 16.4. The Morgan fingerprint density at radius 1 is 0.833 bits per heavy atom. The van der Waals surface area contributed by atoms with Crippen molar-refractivity contribution >= 4 is 35.6 Å². The molecule has 0 aromatic rings. The molecule has 4 unspecified atom stereocenters. The number of nitrogens with one attached hydrogen (secondary N) is 3. The zero-order valence-electron chi connectivity index (χ0n) is 20.7. The molecule has 0 bridgehead atoms. The summed E-state index contributed by atoms with van der Waals surface area (Å²) in [6, 6.07) is -4.96. The van der Waals surface area contributed by atoms with E-state index in [-0.39, 0.29) is 25.3 Å². The Morgan fingerprint density at radius 3 is 1.92 bits per heavy atom. The third kappa shape index (κ3) is 13.4. The van der Waals surface area contributed by atoms with Crippen molar-refractivity contribution < 1.29 is 34.2 Å². The molecule has 3 amide bonds. The Kier molecular flexibility index (Phi) is 15.4. The quantitative estimate of drug-likeness (QED) is 0.0508. The normalized spacial score (nSPS) is 14.1. The molecule has 13 N–H and O–H groups in total. The fraction of sp³-hybridized carbons (Fsp3) is 0.714. The van der Waals surface area contributed by atoms with E-state index in [4.69, 9.17) is 22.9 Å². The van der Waals surface area contributed by atoms with Gasteiger partial charge in [-0.25, -0.2) is 4.79 Å². The van der Waals surface area contributed by atoms with Crippen molar-refractivity contribution in [1.29, 1.82) is 0 Å². The fourth-order valence-electron chi connectivity index (χ4n) is 3.11. The van der Waals surface area contributed by atoms with Gasteiger partial charge in [0.25, 0.3) is 0 Å². The summed E-state index contributed by atoms with van der Waals surface area (Å²) < 4.78 is 0. The van der Waals surface area contributed by atoms with Gasteiger partial charge in [-0.05, 0) is 44.6 Å². The highest BCUT2D eigenvalue weighted by Crippen LogP contribution is 2.07. The van der Waals surface area contributed by atoms with Crippen LogP contribution in [-0.2, 0) is 24.0 Å². The number of rotatable bonds is 18. The van der Waals surface area contributed by atoms with Crippen LogP contribution in [0.1, 0.15) is 52.4 Å². The van der Waals surface area contributed by atoms with E-state index < -0.39 is 66.2 Å². The van der Waals surface area contributed by atoms with E-state index in [1.807, 2.05) is 0 Å². The zero-order valence-corrected chi connectivity index (χ0v) is 20.7. The second kappa shape index (κ2) is 17.0. The molecule has 0 aliphatic rings. The number of guanidine groups is 1. The smallest absolute Gasteiger partial charge is 0.326 e. The molecule has 36 heavy (non-hydrogen) atoms. The molecule has 0 aromatic carbocycles. The van der Waals surface area contributed by atoms with Gasteiger partial charge in [-0.15, -0.1) is 0 Å². The maximum atomic E-state index is 12.9. The Hall–Kier alpha value is -3.46. The Morgan fingerprint density at radius 2 is 1.42 bits per heavy atom. The molecular formula is C21H40N8O7. The molecule has 0 fully saturated rings. The molecule has 4 atom stereocenters. The van der Waals surface area contributed by atoms with E-state index in [0.717, 1.165) is 0 Å². The highest BCUT2D eigenvalue weighted by Gasteiger charge is 2.32. The molecule has 0 rings (SSSR count). The third-order valence-electron chi connectivity index (χ3n) is 5.13. The molecule has 0 radical (unpaired) electrons. The molecule has 206 valence electrons. The first-order chi connectivity index (χ1) is 16.8. The van der Waals surface area contributed by atoms with Crippen molar-refractivity contribution in [3.8, 4) is 0 Å². The number of carboxylic acid groups (broad SMARTS) is 2. The zero-order chi connectivity index (χ0) is 27.8. The topological polar surface area (TPSA) is 278 Å². The summed E-state index contributed by atoms with van der Waals surface area (Å²) in [5.41, 5.74) is 21.8. The molecule has 0 aromatic heterocycles. The predicted molar refractivity (Wildman–Crippen MR) is 131 cm³/mol. The number of aliphatic carboxylic acids is 2. The maximum Gasteiger partial charge on any atom is 0.326 e. The van der Waals surface area contributed by atoms with Gasteiger partial charge < -0.3 is 49.1 Å². The molecule has 0 heterocycles. The lowest BCUT2D eigenvalue weighted by atomic mass is 10.0. The van der Waals surface area contributed by atoms with E-state index in [1.165, 1.54) is 0 Å². The van der Waals surface area contributed by atoms with Crippen LogP contribution in [0.2, 0.25) is 0 Å². The van der Waals surface area contributed by atoms with E-state index in [9.17, 15) is 34.2 Å². The predicted octanol–water partition coefficient (Wildman–Crippen LogP) is -2.83. The first kappa shape index (κ1) is 32.5. The molecule has 0 spiro atoms. The summed E-state index contributed by atoms with van der Waals surface area (Å²) in [5.74, 6) is -5.60. The number of amides is 3. The van der Waals surface area contributed by atoms with Crippen molar-refractivity contribution in [3.63, 3.8) is 0 Å². The average Bonchev–Trinajstić information content (AvgIpc) is 2.77. The largest absolute Gasteiger partial charge is 0.481 e. The van der Waals surface area contributed by atoms with Crippen LogP contribution in [-0.4, -0.2) is 83.1 Å². The summed E-state index contributed by atoms with van der Waals surface area (Å²) in [7, 11) is 0. The van der Waals surface area contributed by atoms with Gasteiger partial charge in [-0.2, -0.15) is 0 Å². The lowest BCUT2D eigenvalue weighted by molar-refractivity contribution is -0.144. The van der Waals surface area contributed by atoms with Crippen LogP contribution in [0.15, 0.2) is 4.99 Å². The van der Waals surface area contributed by atoms with Gasteiger partial charge in [0.05, 0.1) is 12.5 Å². The second-order valence-corrected chi connectivity index (χ2v) is 8.63. The van der Waals surface area contributed by atoms with Gasteiger partial charge in [0, 0.05) is 6.54 Å². The molecular weight excluding hydrogens is 476 g/mol. The van der Waals surface area contributed by atoms with E-state index in [1.54, 1.807) is 13.8 Å². The monoisotopic (exact) mass is 516 g/mol. The molecule has 0 saturated carbocycles. The number of unbranched alkanes of at least 4 members (excludes halogenated alkanes) is 1. The minimum absolute atomic E-state index is 0.112. The summed E-state index contributed by atoms with van der Waals surface area (Å²) in [5, 5.41) is 25.7. The number of hydrogen-bond donors (Lipinski definition) is 9. The van der Waals surface area contributed by atoms with Crippen molar-refractivity contribution in [1.82, 2.24) is 16.0 Å². The van der Waals surface area contributed by atoms with Crippen molar-refractivity contribution in [2.75, 3.05) is 13.1 Å². The molecule has 15 nitrogen and oxygen atoms in total. The van der Waals surface area contributed by atoms with Crippen molar-refractivity contribution in [3.05, 3.63) is 0 Å². The first-order valence-electron chi connectivity index (χ1n) is 11.7. The number of nitrogens with two attached hydrogens (primary N) is 4. The SMILES string of the molecule is CC(C)C(NC(=O)C(CCCCN)NC(=O)C(CC(=O)O)NC(=O)C(N)CCCN=C(N)N)C(=O)O. The van der Waals surface area contributed by atoms with Gasteiger partial charge >= 0.3 is 11.9 Å². The third-order valence-corrected chi connectivity index (χ3v) is 5.13. The van der Waals surface area contributed by atoms with Crippen LogP contribution in [0.25, 0.3) is 0 Å². The lowest BCUT2D eigenvalue weighted by Gasteiger charge is -2.25. The molecule has 0 saturated heterocycles. The number of aliphatic imine (C=N–C) groups is 1. The minimum Gasteiger partial charge on any atom is -0.481 e. The summed E-state index contributed by atoms with van der Waals surface area (Å²) in [4.78, 5) is 64.6. The van der Waals surface area contributed by atoms with Crippen LogP contribution in [0.5, 0.6) is 0 Å². The van der Waals surface area contributed by atoms with Crippen LogP contribution >= 0.6 is 0 Å². The standard InChI is InChI=1S/C21H40N8O7/c1-11(2)16(20(35)36)29-18(33)13(7-3-4-8-22)27-19(34)14(10-15(30)31)28-17(32)12(23)6-5-9-26-21(24)25/h11-14,16H,3-10,22-23H2,1-2H3,(H,27,34)(H,28,32)(H,29,33)(H,30,31)(H,35,36)(H4,24,25,26). The van der Waals surface area contributed by atoms with Gasteiger partial charge in [0.2, 0.25) is 17.7 Å². The average molecular weight is 517 g/mol. The molecule has 15 heteroatoms. The summed E-state index contributed by atoms with van der Waals surface area (Å²) >= 11 is 0. The summed E-state index contributed by atoms with van der Waals surface area (Å²) in [6.45, 7) is 3.79. The number of carbonyl (C=O) groups is 5. The van der Waals surface area contributed by atoms with Crippen LogP contribution in [0.4, 0.5) is 0 Å². The van der Waals surface area contributed by atoms with Crippen LogP contribution < -0.4 is 38.9 Å².